The van der Waals surface area contributed by atoms with E-state index in [0.29, 0.717) is 0 Å². The van der Waals surface area contributed by atoms with Crippen molar-refractivity contribution in [1.82, 2.24) is 0 Å². The Balaban J connectivity index is 2.40. The fraction of sp³-hybridized carbons (Fsp3) is 0.619. The number of carbonyl (C=O) groups excluding carboxylic acids is 6. The molecule has 0 aromatic rings. The van der Waals surface area contributed by atoms with Crippen molar-refractivity contribution in [3.05, 3.63) is 12.2 Å². The Labute approximate surface area is 199 Å². The van der Waals surface area contributed by atoms with Crippen molar-refractivity contribution in [3.63, 3.8) is 0 Å². The van der Waals surface area contributed by atoms with Crippen LogP contribution in [0.25, 0.3) is 0 Å². The van der Waals surface area contributed by atoms with E-state index in [0.717, 1.165) is 46.8 Å². The van der Waals surface area contributed by atoms with Gasteiger partial charge in [-0.05, 0) is 0 Å². The highest BCUT2D eigenvalue weighted by molar-refractivity contribution is 5.85. The maximum atomic E-state index is 11.8. The van der Waals surface area contributed by atoms with Gasteiger partial charge in [0.1, 0.15) is 19.3 Å². The van der Waals surface area contributed by atoms with E-state index in [1.54, 1.807) is 0 Å². The van der Waals surface area contributed by atoms with Gasteiger partial charge >= 0.3 is 41.6 Å². The van der Waals surface area contributed by atoms with Crippen LogP contribution in [0.5, 0.6) is 0 Å². The molecule has 35 heavy (non-hydrogen) atoms. The third kappa shape index (κ3) is 8.03. The van der Waals surface area contributed by atoms with Crippen molar-refractivity contribution in [2.24, 2.45) is 0 Å². The molecule has 1 saturated heterocycles. The maximum absolute atomic E-state index is 11.8. The lowest BCUT2D eigenvalue weighted by Crippen LogP contribution is -2.63. The molecule has 0 bridgehead atoms. The van der Waals surface area contributed by atoms with Gasteiger partial charge in [0.15, 0.2) is 24.6 Å². The number of carbonyl (C=O) groups is 6. The summed E-state index contributed by atoms with van der Waals surface area (Å²) in [5, 5.41) is 0. The Morgan fingerprint density at radius 1 is 0.829 bits per heavy atom. The minimum atomic E-state index is -1.94. The van der Waals surface area contributed by atoms with Crippen LogP contribution in [0.1, 0.15) is 34.6 Å². The first-order valence-electron chi connectivity index (χ1n) is 10.4. The minimum absolute atomic E-state index is 0.457. The molecule has 194 valence electrons. The molecule has 0 aromatic heterocycles. The van der Waals surface area contributed by atoms with E-state index < -0.39 is 85.5 Å². The van der Waals surface area contributed by atoms with E-state index in [-0.39, 0.29) is 0 Å². The smallest absolute Gasteiger partial charge is 0.334 e. The summed E-state index contributed by atoms with van der Waals surface area (Å²) < 4.78 is 42.3. The van der Waals surface area contributed by atoms with Crippen LogP contribution in [0.15, 0.2) is 12.2 Å². The van der Waals surface area contributed by atoms with Gasteiger partial charge in [0, 0.05) is 46.8 Å². The van der Waals surface area contributed by atoms with Crippen LogP contribution in [-0.4, -0.2) is 85.5 Å². The van der Waals surface area contributed by atoms with E-state index in [2.05, 4.69) is 0 Å². The number of rotatable bonds is 9. The van der Waals surface area contributed by atoms with Crippen molar-refractivity contribution in [1.29, 1.82) is 0 Å². The van der Waals surface area contributed by atoms with E-state index in [1.165, 1.54) is 0 Å². The maximum Gasteiger partial charge on any atom is 0.334 e. The lowest BCUT2D eigenvalue weighted by Gasteiger charge is -2.44. The molecule has 0 unspecified atom stereocenters. The Morgan fingerprint density at radius 2 is 1.40 bits per heavy atom. The molecule has 0 N–H and O–H groups in total. The van der Waals surface area contributed by atoms with E-state index in [1.807, 2.05) is 0 Å². The molecule has 6 atom stereocenters. The molecule has 2 heterocycles. The highest BCUT2D eigenvalue weighted by Crippen LogP contribution is 2.32. The van der Waals surface area contributed by atoms with Crippen LogP contribution in [0.2, 0.25) is 0 Å². The summed E-state index contributed by atoms with van der Waals surface area (Å²) in [7, 11) is 0. The van der Waals surface area contributed by atoms with Crippen LogP contribution >= 0.6 is 0 Å². The highest BCUT2D eigenvalue weighted by Gasteiger charge is 2.54. The van der Waals surface area contributed by atoms with Crippen LogP contribution < -0.4 is 0 Å². The molecule has 0 aromatic carbocycles. The van der Waals surface area contributed by atoms with Gasteiger partial charge in [-0.1, -0.05) is 0 Å². The van der Waals surface area contributed by atoms with Crippen molar-refractivity contribution >= 4 is 35.8 Å². The van der Waals surface area contributed by atoms with Gasteiger partial charge in [0.25, 0.3) is 0 Å². The molecule has 0 spiro atoms. The van der Waals surface area contributed by atoms with E-state index in [9.17, 15) is 28.8 Å². The van der Waals surface area contributed by atoms with Crippen molar-refractivity contribution in [2.45, 2.75) is 71.1 Å². The first-order chi connectivity index (χ1) is 16.3. The number of cyclic esters (lactones) is 1. The Bertz CT molecular complexity index is 894. The summed E-state index contributed by atoms with van der Waals surface area (Å²) in [5.74, 6) is -6.67. The molecular weight excluding hydrogens is 476 g/mol. The van der Waals surface area contributed by atoms with Gasteiger partial charge in [0.2, 0.25) is 0 Å². The van der Waals surface area contributed by atoms with Crippen molar-refractivity contribution in [2.75, 3.05) is 13.2 Å². The molecule has 0 amide bonds. The molecule has 2 aliphatic rings. The average molecular weight is 502 g/mol. The first-order valence-corrected chi connectivity index (χ1v) is 10.4. The number of esters is 6. The molecule has 2 aliphatic heterocycles. The van der Waals surface area contributed by atoms with Crippen LogP contribution in [-0.2, 0) is 66.7 Å². The highest BCUT2D eigenvalue weighted by atomic mass is 16.8. The van der Waals surface area contributed by atoms with Gasteiger partial charge in [-0.25, -0.2) is 4.79 Å². The summed E-state index contributed by atoms with van der Waals surface area (Å²) in [4.78, 5) is 69.9. The topological polar surface area (TPSA) is 176 Å². The van der Waals surface area contributed by atoms with Gasteiger partial charge in [-0.3, -0.25) is 24.0 Å². The molecule has 0 saturated carbocycles. The third-order valence-corrected chi connectivity index (χ3v) is 4.46. The largest absolute Gasteiger partial charge is 0.463 e. The first kappa shape index (κ1) is 27.7. The van der Waals surface area contributed by atoms with Crippen LogP contribution in [0.3, 0.4) is 0 Å². The van der Waals surface area contributed by atoms with E-state index >= 15 is 0 Å². The van der Waals surface area contributed by atoms with Crippen LogP contribution in [0, 0.1) is 0 Å². The Morgan fingerprint density at radius 3 is 1.89 bits per heavy atom. The second kappa shape index (κ2) is 11.8. The van der Waals surface area contributed by atoms with Crippen molar-refractivity contribution in [3.8, 4) is 0 Å². The predicted octanol–water partition coefficient (Wildman–Crippen LogP) is -0.541. The predicted molar refractivity (Wildman–Crippen MR) is 108 cm³/mol. The summed E-state index contributed by atoms with van der Waals surface area (Å²) in [5.41, 5.74) is 0. The Hall–Kier alpha value is -3.52. The molecular formula is C21H26O14. The molecule has 2 rings (SSSR count). The summed E-state index contributed by atoms with van der Waals surface area (Å²) in [6, 6.07) is 0. The van der Waals surface area contributed by atoms with Gasteiger partial charge in [-0.15, -0.1) is 0 Å². The zero-order valence-electron chi connectivity index (χ0n) is 19.7. The molecule has 1 fully saturated rings. The third-order valence-electron chi connectivity index (χ3n) is 4.46. The zero-order valence-corrected chi connectivity index (χ0v) is 19.7. The molecule has 14 nitrogen and oxygen atoms in total. The SMILES string of the molecule is CC(=O)OC[C@H]1O[C@H](OC[C@@]2(OC(C)=O)C=CC(=O)O2)[C@H](OC(C)=O)[C@@H](OC(C)=O)[C@@H]1OC(C)=O. The number of hydrogen-bond donors (Lipinski definition) is 0. The number of hydrogen-bond acceptors (Lipinski definition) is 14. The summed E-state index contributed by atoms with van der Waals surface area (Å²) in [6.45, 7) is 4.35. The van der Waals surface area contributed by atoms with E-state index in [4.69, 9.17) is 37.9 Å². The molecule has 14 heteroatoms. The fourth-order valence-electron chi connectivity index (χ4n) is 3.36. The van der Waals surface area contributed by atoms with Gasteiger partial charge in [0.05, 0.1) is 0 Å². The lowest BCUT2D eigenvalue weighted by molar-refractivity contribution is -0.321. The monoisotopic (exact) mass is 502 g/mol. The summed E-state index contributed by atoms with van der Waals surface area (Å²) >= 11 is 0. The quantitative estimate of drug-likeness (QED) is 0.290. The Kier molecular flexibility index (Phi) is 9.31. The fourth-order valence-corrected chi connectivity index (χ4v) is 3.36. The normalized spacial score (nSPS) is 29.5. The molecule has 0 radical (unpaired) electrons. The summed E-state index contributed by atoms with van der Waals surface area (Å²) in [6.07, 6.45) is -4.95. The standard InChI is InChI=1S/C21H26O14/c1-10(22)28-8-15-17(30-11(2)23)18(31-12(3)24)19(32-13(4)25)20(33-15)29-9-21(34-14(5)26)7-6-16(27)35-21/h6-7,15,17-20H,8-9H2,1-5H3/t15-,17-,18+,19-,20+,21-/m1/s1. The average Bonchev–Trinajstić information content (AvgIpc) is 3.07. The number of ether oxygens (including phenoxy) is 8. The minimum Gasteiger partial charge on any atom is -0.463 e. The second-order valence-electron chi connectivity index (χ2n) is 7.54. The second-order valence-corrected chi connectivity index (χ2v) is 7.54. The van der Waals surface area contributed by atoms with Gasteiger partial charge in [-0.2, -0.15) is 0 Å². The van der Waals surface area contributed by atoms with Gasteiger partial charge < -0.3 is 37.9 Å². The molecule has 0 aliphatic carbocycles. The zero-order chi connectivity index (χ0) is 26.3. The van der Waals surface area contributed by atoms with Crippen LogP contribution in [0.4, 0.5) is 0 Å². The lowest BCUT2D eigenvalue weighted by atomic mass is 9.98. The van der Waals surface area contributed by atoms with Crippen molar-refractivity contribution < 1.29 is 66.7 Å².